The Kier molecular flexibility index (Phi) is 5.73. The quantitative estimate of drug-likeness (QED) is 0.754. The van der Waals surface area contributed by atoms with Crippen molar-refractivity contribution in [3.63, 3.8) is 0 Å². The lowest BCUT2D eigenvalue weighted by Crippen LogP contribution is -2.48. The second kappa shape index (κ2) is 7.54. The summed E-state index contributed by atoms with van der Waals surface area (Å²) in [6, 6.07) is 8.05. The number of hydrogen-bond acceptors (Lipinski definition) is 4. The van der Waals surface area contributed by atoms with Gasteiger partial charge in [-0.2, -0.15) is 0 Å². The summed E-state index contributed by atoms with van der Waals surface area (Å²) in [7, 11) is 0. The first-order valence-corrected chi connectivity index (χ1v) is 7.53. The molecule has 1 amide bonds. The number of rotatable bonds is 5. The molecule has 0 saturated carbocycles. The molecule has 0 bridgehead atoms. The molecule has 0 aliphatic carbocycles. The summed E-state index contributed by atoms with van der Waals surface area (Å²) in [5, 5.41) is 5.99. The molecule has 1 aromatic rings. The summed E-state index contributed by atoms with van der Waals surface area (Å²) in [5.74, 6) is 0.405. The van der Waals surface area contributed by atoms with Crippen molar-refractivity contribution in [1.29, 1.82) is 0 Å². The van der Waals surface area contributed by atoms with Crippen LogP contribution in [0.4, 0.5) is 0 Å². The lowest BCUT2D eigenvalue weighted by Gasteiger charge is -2.23. The zero-order valence-electron chi connectivity index (χ0n) is 12.8. The van der Waals surface area contributed by atoms with Gasteiger partial charge in [0.1, 0.15) is 6.10 Å². The number of hydrogen-bond donors (Lipinski definition) is 3. The minimum Gasteiger partial charge on any atom is -0.366 e. The molecule has 0 spiro atoms. The van der Waals surface area contributed by atoms with Crippen LogP contribution in [0, 0.1) is 0 Å². The van der Waals surface area contributed by atoms with E-state index in [4.69, 9.17) is 10.5 Å². The molecule has 116 valence electrons. The molecule has 0 radical (unpaired) electrons. The van der Waals surface area contributed by atoms with Gasteiger partial charge < -0.3 is 21.1 Å². The van der Waals surface area contributed by atoms with E-state index < -0.39 is 6.10 Å². The summed E-state index contributed by atoms with van der Waals surface area (Å²) < 4.78 is 5.40. The molecule has 1 aliphatic heterocycles. The van der Waals surface area contributed by atoms with Crippen molar-refractivity contribution >= 4 is 5.91 Å². The summed E-state index contributed by atoms with van der Waals surface area (Å²) in [5.41, 5.74) is 8.45. The van der Waals surface area contributed by atoms with Crippen LogP contribution in [0.1, 0.15) is 36.9 Å². The predicted molar refractivity (Wildman–Crippen MR) is 83.1 cm³/mol. The second-order valence-corrected chi connectivity index (χ2v) is 5.74. The average Bonchev–Trinajstić information content (AvgIpc) is 2.53. The second-order valence-electron chi connectivity index (χ2n) is 5.74. The number of nitrogens with two attached hydrogens (primary N) is 1. The molecule has 2 unspecified atom stereocenters. The number of ether oxygens (including phenoxy) is 1. The van der Waals surface area contributed by atoms with Crippen molar-refractivity contribution in [1.82, 2.24) is 10.6 Å². The van der Waals surface area contributed by atoms with E-state index in [0.717, 1.165) is 12.1 Å². The Morgan fingerprint density at radius 2 is 2.05 bits per heavy atom. The van der Waals surface area contributed by atoms with Gasteiger partial charge in [0.15, 0.2) is 0 Å². The highest BCUT2D eigenvalue weighted by Crippen LogP contribution is 2.17. The summed E-state index contributed by atoms with van der Waals surface area (Å²) >= 11 is 0. The Balaban J connectivity index is 1.83. The molecule has 1 saturated heterocycles. The fourth-order valence-electron chi connectivity index (χ4n) is 2.30. The number of nitrogens with one attached hydrogen (secondary N) is 2. The topological polar surface area (TPSA) is 76.4 Å². The van der Waals surface area contributed by atoms with Crippen LogP contribution in [0.25, 0.3) is 0 Å². The van der Waals surface area contributed by atoms with E-state index in [0.29, 0.717) is 25.6 Å². The number of carbonyl (C=O) groups excluding carboxylic acids is 1. The van der Waals surface area contributed by atoms with E-state index in [-0.39, 0.29) is 11.9 Å². The van der Waals surface area contributed by atoms with E-state index in [1.165, 1.54) is 5.56 Å². The van der Waals surface area contributed by atoms with Crippen LogP contribution < -0.4 is 16.4 Å². The van der Waals surface area contributed by atoms with E-state index in [2.05, 4.69) is 36.6 Å². The van der Waals surface area contributed by atoms with E-state index in [9.17, 15) is 4.79 Å². The van der Waals surface area contributed by atoms with Gasteiger partial charge in [-0.15, -0.1) is 0 Å². The first kappa shape index (κ1) is 15.9. The van der Waals surface area contributed by atoms with Crippen LogP contribution in [0.3, 0.4) is 0 Å². The van der Waals surface area contributed by atoms with Crippen molar-refractivity contribution in [3.8, 4) is 0 Å². The molecule has 21 heavy (non-hydrogen) atoms. The van der Waals surface area contributed by atoms with Gasteiger partial charge in [0.25, 0.3) is 5.91 Å². The largest absolute Gasteiger partial charge is 0.366 e. The minimum absolute atomic E-state index is 0.101. The molecule has 5 heteroatoms. The molecule has 4 N–H and O–H groups in total. The van der Waals surface area contributed by atoms with E-state index in [1.807, 2.05) is 12.1 Å². The molecule has 1 aliphatic rings. The predicted octanol–water partition coefficient (Wildman–Crippen LogP) is 0.914. The van der Waals surface area contributed by atoms with Gasteiger partial charge >= 0.3 is 0 Å². The van der Waals surface area contributed by atoms with E-state index >= 15 is 0 Å². The van der Waals surface area contributed by atoms with Crippen LogP contribution in [0.5, 0.6) is 0 Å². The fraction of sp³-hybridized carbons (Fsp3) is 0.562. The molecular weight excluding hydrogens is 266 g/mol. The summed E-state index contributed by atoms with van der Waals surface area (Å²) in [4.78, 5) is 11.9. The third-order valence-corrected chi connectivity index (χ3v) is 3.75. The Morgan fingerprint density at radius 3 is 2.62 bits per heavy atom. The molecule has 2 rings (SSSR count). The van der Waals surface area contributed by atoms with Gasteiger partial charge in [0.05, 0.1) is 6.61 Å². The van der Waals surface area contributed by atoms with Crippen molar-refractivity contribution in [2.75, 3.05) is 26.2 Å². The molecule has 1 heterocycles. The maximum absolute atomic E-state index is 11.9. The number of amides is 1. The maximum atomic E-state index is 11.9. The average molecular weight is 291 g/mol. The van der Waals surface area contributed by atoms with Gasteiger partial charge in [-0.25, -0.2) is 0 Å². The monoisotopic (exact) mass is 291 g/mol. The highest BCUT2D eigenvalue weighted by atomic mass is 16.5. The number of carbonyl (C=O) groups is 1. The van der Waals surface area contributed by atoms with Gasteiger partial charge in [0, 0.05) is 25.7 Å². The third kappa shape index (κ3) is 4.52. The van der Waals surface area contributed by atoms with Crippen LogP contribution in [-0.4, -0.2) is 38.3 Å². The lowest BCUT2D eigenvalue weighted by atomic mass is 9.99. The van der Waals surface area contributed by atoms with Crippen molar-refractivity contribution in [2.24, 2.45) is 5.73 Å². The van der Waals surface area contributed by atoms with Crippen molar-refractivity contribution in [2.45, 2.75) is 31.9 Å². The van der Waals surface area contributed by atoms with Gasteiger partial charge in [-0.1, -0.05) is 38.1 Å². The van der Waals surface area contributed by atoms with Gasteiger partial charge in [-0.3, -0.25) is 4.79 Å². The van der Waals surface area contributed by atoms with E-state index in [1.54, 1.807) is 0 Å². The Labute approximate surface area is 126 Å². The molecule has 1 fully saturated rings. The van der Waals surface area contributed by atoms with Gasteiger partial charge in [-0.05, 0) is 17.0 Å². The number of morpholine rings is 1. The fourth-order valence-corrected chi connectivity index (χ4v) is 2.30. The summed E-state index contributed by atoms with van der Waals surface area (Å²) in [6.07, 6.45) is -0.408. The van der Waals surface area contributed by atoms with Crippen LogP contribution in [0.2, 0.25) is 0 Å². The maximum Gasteiger partial charge on any atom is 0.250 e. The normalized spacial score (nSPS) is 20.3. The van der Waals surface area contributed by atoms with Crippen LogP contribution in [0.15, 0.2) is 24.3 Å². The highest BCUT2D eigenvalue weighted by molar-refractivity contribution is 5.81. The Morgan fingerprint density at radius 1 is 1.38 bits per heavy atom. The Bertz CT molecular complexity index is 453. The zero-order valence-corrected chi connectivity index (χ0v) is 12.8. The standard InChI is InChI=1S/C16H25N3O2/c1-11(2)12-3-5-13(6-4-12)14(17)9-19-16(20)15-10-18-7-8-21-15/h3-6,11,14-15,18H,7-10,17H2,1-2H3,(H,19,20). The van der Waals surface area contributed by atoms with Crippen molar-refractivity contribution in [3.05, 3.63) is 35.4 Å². The third-order valence-electron chi connectivity index (χ3n) is 3.75. The molecule has 5 nitrogen and oxygen atoms in total. The zero-order chi connectivity index (χ0) is 15.2. The first-order chi connectivity index (χ1) is 10.1. The lowest BCUT2D eigenvalue weighted by molar-refractivity contribution is -0.134. The minimum atomic E-state index is -0.408. The molecular formula is C16H25N3O2. The molecule has 1 aromatic carbocycles. The molecule has 2 atom stereocenters. The SMILES string of the molecule is CC(C)c1ccc(C(N)CNC(=O)C2CNCCO2)cc1. The van der Waals surface area contributed by atoms with Gasteiger partial charge in [0.2, 0.25) is 0 Å². The van der Waals surface area contributed by atoms with Crippen molar-refractivity contribution < 1.29 is 9.53 Å². The Hall–Kier alpha value is -1.43. The number of benzene rings is 1. The first-order valence-electron chi connectivity index (χ1n) is 7.53. The highest BCUT2D eigenvalue weighted by Gasteiger charge is 2.21. The van der Waals surface area contributed by atoms with Crippen LogP contribution >= 0.6 is 0 Å². The molecule has 0 aromatic heterocycles. The van der Waals surface area contributed by atoms with Crippen LogP contribution in [-0.2, 0) is 9.53 Å². The summed E-state index contributed by atoms with van der Waals surface area (Å²) in [6.45, 7) is 6.66. The smallest absolute Gasteiger partial charge is 0.250 e.